The van der Waals surface area contributed by atoms with Gasteiger partial charge >= 0.3 is 5.97 Å². The van der Waals surface area contributed by atoms with Crippen molar-refractivity contribution in [2.75, 3.05) is 0 Å². The average molecular weight is 303 g/mol. The minimum Gasteiger partial charge on any atom is -0.423 e. The molecule has 20 heavy (non-hydrogen) atoms. The van der Waals surface area contributed by atoms with E-state index in [1.807, 2.05) is 0 Å². The third-order valence-electron chi connectivity index (χ3n) is 2.64. The number of thiazole rings is 1. The Hall–Kier alpha value is -2.25. The average Bonchev–Trinajstić information content (AvgIpc) is 3.06. The first kappa shape index (κ1) is 12.8. The van der Waals surface area contributed by atoms with Gasteiger partial charge in [-0.1, -0.05) is 0 Å². The quantitative estimate of drug-likeness (QED) is 0.337. The van der Waals surface area contributed by atoms with E-state index in [-0.39, 0.29) is 5.84 Å². The van der Waals surface area contributed by atoms with Crippen molar-refractivity contribution in [3.63, 3.8) is 0 Å². The minimum atomic E-state index is -0.514. The van der Waals surface area contributed by atoms with Crippen molar-refractivity contribution in [2.45, 2.75) is 0 Å². The zero-order valence-electron chi connectivity index (χ0n) is 10.1. The molecule has 2 heterocycles. The minimum absolute atomic E-state index is 0.134. The van der Waals surface area contributed by atoms with E-state index in [1.54, 1.807) is 35.2 Å². The molecule has 1 aromatic carbocycles. The van der Waals surface area contributed by atoms with Crippen molar-refractivity contribution in [3.05, 3.63) is 45.6 Å². The van der Waals surface area contributed by atoms with Crippen LogP contribution in [-0.4, -0.2) is 16.8 Å². The molecule has 5 nitrogen and oxygen atoms in total. The number of nitrogens with zero attached hydrogens (tertiary/aromatic N) is 1. The SMILES string of the molecule is N=C(N)c1sccc1C(=O)Oc1ccc2ncsc2c1. The Balaban J connectivity index is 1.88. The number of rotatable bonds is 3. The maximum Gasteiger partial charge on any atom is 0.345 e. The lowest BCUT2D eigenvalue weighted by Gasteiger charge is -2.04. The van der Waals surface area contributed by atoms with Crippen molar-refractivity contribution in [1.29, 1.82) is 5.41 Å². The number of fused-ring (bicyclic) bond motifs is 1. The summed E-state index contributed by atoms with van der Waals surface area (Å²) in [5.41, 5.74) is 8.35. The number of nitrogens with two attached hydrogens (primary N) is 1. The van der Waals surface area contributed by atoms with Crippen LogP contribution in [0.2, 0.25) is 0 Å². The summed E-state index contributed by atoms with van der Waals surface area (Å²) >= 11 is 2.72. The highest BCUT2D eigenvalue weighted by molar-refractivity contribution is 7.16. The van der Waals surface area contributed by atoms with Crippen molar-refractivity contribution >= 4 is 44.7 Å². The third-order valence-corrected chi connectivity index (χ3v) is 4.38. The second-order valence-electron chi connectivity index (χ2n) is 3.95. The molecule has 0 bridgehead atoms. The predicted molar refractivity (Wildman–Crippen MR) is 79.9 cm³/mol. The molecule has 100 valence electrons. The zero-order valence-corrected chi connectivity index (χ0v) is 11.8. The molecule has 3 N–H and O–H groups in total. The Morgan fingerprint density at radius 1 is 1.30 bits per heavy atom. The Morgan fingerprint density at radius 3 is 2.95 bits per heavy atom. The number of carbonyl (C=O) groups is 1. The van der Waals surface area contributed by atoms with Gasteiger partial charge in [0.2, 0.25) is 0 Å². The third kappa shape index (κ3) is 2.28. The number of nitrogens with one attached hydrogen (secondary N) is 1. The fraction of sp³-hybridized carbons (Fsp3) is 0. The van der Waals surface area contributed by atoms with Crippen LogP contribution >= 0.6 is 22.7 Å². The fourth-order valence-corrected chi connectivity index (χ4v) is 3.19. The Bertz CT molecular complexity index is 807. The molecule has 0 radical (unpaired) electrons. The summed E-state index contributed by atoms with van der Waals surface area (Å²) in [5, 5.41) is 9.13. The lowest BCUT2D eigenvalue weighted by molar-refractivity contribution is 0.0735. The van der Waals surface area contributed by atoms with Crippen molar-refractivity contribution in [3.8, 4) is 5.75 Å². The Labute approximate surface area is 122 Å². The molecule has 3 rings (SSSR count). The number of ether oxygens (including phenoxy) is 1. The molecule has 0 aliphatic rings. The van der Waals surface area contributed by atoms with Crippen molar-refractivity contribution < 1.29 is 9.53 Å². The van der Waals surface area contributed by atoms with E-state index in [0.717, 1.165) is 10.2 Å². The summed E-state index contributed by atoms with van der Waals surface area (Å²) < 4.78 is 6.27. The van der Waals surface area contributed by atoms with Gasteiger partial charge in [-0.05, 0) is 23.6 Å². The smallest absolute Gasteiger partial charge is 0.345 e. The van der Waals surface area contributed by atoms with Gasteiger partial charge in [0.05, 0.1) is 26.2 Å². The van der Waals surface area contributed by atoms with Gasteiger partial charge in [-0.2, -0.15) is 0 Å². The number of carbonyl (C=O) groups excluding carboxylic acids is 1. The summed E-state index contributed by atoms with van der Waals surface area (Å²) in [6, 6.07) is 6.87. The van der Waals surface area contributed by atoms with E-state index in [0.29, 0.717) is 16.2 Å². The highest BCUT2D eigenvalue weighted by Gasteiger charge is 2.17. The van der Waals surface area contributed by atoms with E-state index in [1.165, 1.54) is 22.7 Å². The standard InChI is InChI=1S/C13H9N3O2S2/c14-12(15)11-8(3-4-19-11)13(17)18-7-1-2-9-10(5-7)20-6-16-9/h1-6H,(H3,14,15). The molecule has 0 fully saturated rings. The highest BCUT2D eigenvalue weighted by Crippen LogP contribution is 2.25. The van der Waals surface area contributed by atoms with Gasteiger partial charge in [-0.3, -0.25) is 5.41 Å². The van der Waals surface area contributed by atoms with Gasteiger partial charge in [0.1, 0.15) is 11.6 Å². The maximum atomic E-state index is 12.1. The number of amidine groups is 1. The topological polar surface area (TPSA) is 89.1 Å². The summed E-state index contributed by atoms with van der Waals surface area (Å²) in [6.07, 6.45) is 0. The number of hydrogen-bond acceptors (Lipinski definition) is 6. The second-order valence-corrected chi connectivity index (χ2v) is 5.75. The molecule has 7 heteroatoms. The summed E-state index contributed by atoms with van der Waals surface area (Å²) in [6.45, 7) is 0. The molecule has 0 amide bonds. The van der Waals surface area contributed by atoms with Gasteiger partial charge in [-0.15, -0.1) is 22.7 Å². The normalized spacial score (nSPS) is 10.6. The molecule has 0 saturated carbocycles. The summed E-state index contributed by atoms with van der Waals surface area (Å²) in [5.74, 6) is -0.197. The lowest BCUT2D eigenvalue weighted by Crippen LogP contribution is -2.16. The first-order chi connectivity index (χ1) is 9.65. The number of esters is 1. The number of thiophene rings is 1. The van der Waals surface area contributed by atoms with Gasteiger partial charge in [0.25, 0.3) is 0 Å². The molecular formula is C13H9N3O2S2. The van der Waals surface area contributed by atoms with Crippen molar-refractivity contribution in [2.24, 2.45) is 5.73 Å². The van der Waals surface area contributed by atoms with Crippen LogP contribution < -0.4 is 10.5 Å². The number of benzene rings is 1. The molecule has 0 aliphatic carbocycles. The van der Waals surface area contributed by atoms with E-state index in [2.05, 4.69) is 4.98 Å². The summed E-state index contributed by atoms with van der Waals surface area (Å²) in [4.78, 5) is 16.7. The highest BCUT2D eigenvalue weighted by atomic mass is 32.1. The summed E-state index contributed by atoms with van der Waals surface area (Å²) in [7, 11) is 0. The van der Waals surface area contributed by atoms with Gasteiger partial charge in [0.15, 0.2) is 0 Å². The van der Waals surface area contributed by atoms with E-state index >= 15 is 0 Å². The first-order valence-corrected chi connectivity index (χ1v) is 7.38. The van der Waals surface area contributed by atoms with Crippen LogP contribution in [0, 0.1) is 5.41 Å². The number of aromatic nitrogens is 1. The van der Waals surface area contributed by atoms with Crippen LogP contribution in [0.3, 0.4) is 0 Å². The molecular weight excluding hydrogens is 294 g/mol. The fourth-order valence-electron chi connectivity index (χ4n) is 1.74. The molecule has 0 atom stereocenters. The van der Waals surface area contributed by atoms with Crippen LogP contribution in [0.4, 0.5) is 0 Å². The van der Waals surface area contributed by atoms with E-state index in [9.17, 15) is 4.79 Å². The molecule has 0 unspecified atom stereocenters. The molecule has 0 spiro atoms. The zero-order chi connectivity index (χ0) is 14.1. The number of nitrogen functional groups attached to an aromatic ring is 1. The first-order valence-electron chi connectivity index (χ1n) is 5.62. The van der Waals surface area contributed by atoms with Gasteiger partial charge in [0, 0.05) is 6.07 Å². The van der Waals surface area contributed by atoms with Crippen LogP contribution in [0.25, 0.3) is 10.2 Å². The number of hydrogen-bond donors (Lipinski definition) is 2. The van der Waals surface area contributed by atoms with Gasteiger partial charge in [-0.25, -0.2) is 9.78 Å². The van der Waals surface area contributed by atoms with E-state index in [4.69, 9.17) is 15.9 Å². The van der Waals surface area contributed by atoms with Crippen LogP contribution in [0.5, 0.6) is 5.75 Å². The molecule has 0 saturated heterocycles. The van der Waals surface area contributed by atoms with Crippen LogP contribution in [-0.2, 0) is 0 Å². The van der Waals surface area contributed by atoms with Crippen LogP contribution in [0.1, 0.15) is 15.2 Å². The Morgan fingerprint density at radius 2 is 2.15 bits per heavy atom. The van der Waals surface area contributed by atoms with Crippen molar-refractivity contribution in [1.82, 2.24) is 4.98 Å². The monoisotopic (exact) mass is 303 g/mol. The largest absolute Gasteiger partial charge is 0.423 e. The predicted octanol–water partition coefficient (Wildman–Crippen LogP) is 2.86. The lowest BCUT2D eigenvalue weighted by atomic mass is 10.2. The Kier molecular flexibility index (Phi) is 3.21. The molecule has 2 aromatic heterocycles. The molecule has 3 aromatic rings. The van der Waals surface area contributed by atoms with E-state index < -0.39 is 5.97 Å². The van der Waals surface area contributed by atoms with Gasteiger partial charge < -0.3 is 10.5 Å². The van der Waals surface area contributed by atoms with Crippen LogP contribution in [0.15, 0.2) is 35.2 Å². The second kappa shape index (κ2) is 5.03. The molecule has 0 aliphatic heterocycles. The maximum absolute atomic E-state index is 12.1.